The highest BCUT2D eigenvalue weighted by molar-refractivity contribution is 5.90. The first kappa shape index (κ1) is 12.9. The summed E-state index contributed by atoms with van der Waals surface area (Å²) in [5.41, 5.74) is 0.293. The Morgan fingerprint density at radius 2 is 2.05 bits per heavy atom. The van der Waals surface area contributed by atoms with Gasteiger partial charge < -0.3 is 14.9 Å². The summed E-state index contributed by atoms with van der Waals surface area (Å²) >= 11 is 0. The second kappa shape index (κ2) is 3.93. The molecule has 19 heavy (non-hydrogen) atoms. The van der Waals surface area contributed by atoms with E-state index in [-0.39, 0.29) is 29.8 Å². The molecule has 4 nitrogen and oxygen atoms in total. The number of aliphatic hydroxyl groups excluding tert-OH is 1. The van der Waals surface area contributed by atoms with Crippen molar-refractivity contribution in [2.75, 3.05) is 0 Å². The molecule has 2 aliphatic carbocycles. The highest BCUT2D eigenvalue weighted by atomic mass is 16.6. The maximum atomic E-state index is 11.7. The second-order valence-corrected chi connectivity index (χ2v) is 6.31. The molecule has 2 saturated carbocycles. The zero-order valence-corrected chi connectivity index (χ0v) is 11.1. The fourth-order valence-electron chi connectivity index (χ4n) is 4.06. The maximum Gasteiger partial charge on any atom is 0.334 e. The van der Waals surface area contributed by atoms with E-state index >= 15 is 0 Å². The van der Waals surface area contributed by atoms with Gasteiger partial charge in [0.05, 0.1) is 11.7 Å². The Balaban J connectivity index is 2.04. The topological polar surface area (TPSA) is 66.8 Å². The fourth-order valence-corrected chi connectivity index (χ4v) is 4.06. The third-order valence-electron chi connectivity index (χ3n) is 5.26. The smallest absolute Gasteiger partial charge is 0.334 e. The molecular formula is C15H20O4. The van der Waals surface area contributed by atoms with Crippen molar-refractivity contribution in [3.8, 4) is 0 Å². The lowest BCUT2D eigenvalue weighted by Gasteiger charge is -2.35. The first-order chi connectivity index (χ1) is 8.84. The number of ether oxygens (including phenoxy) is 1. The van der Waals surface area contributed by atoms with Gasteiger partial charge in [-0.2, -0.15) is 0 Å². The third kappa shape index (κ3) is 1.63. The molecule has 0 aromatic rings. The summed E-state index contributed by atoms with van der Waals surface area (Å²) < 4.78 is 5.45. The van der Waals surface area contributed by atoms with E-state index in [0.717, 1.165) is 18.4 Å². The van der Waals surface area contributed by atoms with Crippen molar-refractivity contribution in [3.05, 3.63) is 24.3 Å². The van der Waals surface area contributed by atoms with E-state index in [1.165, 1.54) is 0 Å². The number of carbonyl (C=O) groups excluding carboxylic acids is 1. The van der Waals surface area contributed by atoms with Gasteiger partial charge >= 0.3 is 5.97 Å². The maximum absolute atomic E-state index is 11.7. The zero-order chi connectivity index (χ0) is 13.9. The van der Waals surface area contributed by atoms with Gasteiger partial charge in [-0.15, -0.1) is 0 Å². The SMILES string of the molecule is C=C1C(=O)O[C@@H]2[C@@H]3[C@@H](C[C@H](O)[C@@]3(C)O)C(=C)CC[C@@H]12. The molecule has 2 N–H and O–H groups in total. The summed E-state index contributed by atoms with van der Waals surface area (Å²) in [4.78, 5) is 11.7. The monoisotopic (exact) mass is 264 g/mol. The Morgan fingerprint density at radius 1 is 1.37 bits per heavy atom. The highest BCUT2D eigenvalue weighted by Crippen LogP contribution is 2.53. The number of hydrogen-bond acceptors (Lipinski definition) is 4. The van der Waals surface area contributed by atoms with Crippen LogP contribution in [-0.2, 0) is 9.53 Å². The van der Waals surface area contributed by atoms with E-state index in [0.29, 0.717) is 12.0 Å². The quantitative estimate of drug-likeness (QED) is 0.392. The predicted octanol–water partition coefficient (Wildman–Crippen LogP) is 1.18. The van der Waals surface area contributed by atoms with Gasteiger partial charge in [-0.1, -0.05) is 18.7 Å². The van der Waals surface area contributed by atoms with Crippen LogP contribution < -0.4 is 0 Å². The molecule has 0 aromatic carbocycles. The molecule has 0 bridgehead atoms. The minimum Gasteiger partial charge on any atom is -0.458 e. The van der Waals surface area contributed by atoms with Gasteiger partial charge in [0.1, 0.15) is 6.10 Å². The van der Waals surface area contributed by atoms with Gasteiger partial charge in [-0.25, -0.2) is 4.79 Å². The second-order valence-electron chi connectivity index (χ2n) is 6.31. The van der Waals surface area contributed by atoms with Crippen molar-refractivity contribution < 1.29 is 19.7 Å². The Labute approximate surface area is 112 Å². The van der Waals surface area contributed by atoms with Crippen LogP contribution in [0.5, 0.6) is 0 Å². The Bertz CT molecular complexity index is 465. The third-order valence-corrected chi connectivity index (χ3v) is 5.26. The Hall–Kier alpha value is -1.13. The largest absolute Gasteiger partial charge is 0.458 e. The van der Waals surface area contributed by atoms with Crippen LogP contribution in [0.25, 0.3) is 0 Å². The van der Waals surface area contributed by atoms with Crippen molar-refractivity contribution in [2.24, 2.45) is 17.8 Å². The molecule has 3 fully saturated rings. The van der Waals surface area contributed by atoms with Crippen LogP contribution in [0.4, 0.5) is 0 Å². The number of rotatable bonds is 0. The molecule has 6 atom stereocenters. The van der Waals surface area contributed by atoms with Crippen molar-refractivity contribution >= 4 is 5.97 Å². The van der Waals surface area contributed by atoms with Crippen LogP contribution in [-0.4, -0.2) is 34.0 Å². The number of hydrogen-bond donors (Lipinski definition) is 2. The predicted molar refractivity (Wildman–Crippen MR) is 69.1 cm³/mol. The fraction of sp³-hybridized carbons (Fsp3) is 0.667. The molecule has 0 spiro atoms. The molecule has 3 rings (SSSR count). The van der Waals surface area contributed by atoms with E-state index in [1.54, 1.807) is 6.92 Å². The summed E-state index contributed by atoms with van der Waals surface area (Å²) in [7, 11) is 0. The van der Waals surface area contributed by atoms with E-state index in [9.17, 15) is 15.0 Å². The summed E-state index contributed by atoms with van der Waals surface area (Å²) in [6, 6.07) is 0. The highest BCUT2D eigenvalue weighted by Gasteiger charge is 2.60. The molecule has 1 heterocycles. The first-order valence-electron chi connectivity index (χ1n) is 6.82. The minimum absolute atomic E-state index is 0.0127. The van der Waals surface area contributed by atoms with Crippen LogP contribution in [0.3, 0.4) is 0 Å². The molecule has 0 amide bonds. The Kier molecular flexibility index (Phi) is 2.67. The molecule has 1 saturated heterocycles. The molecule has 0 aromatic heterocycles. The van der Waals surface area contributed by atoms with E-state index in [4.69, 9.17) is 4.74 Å². The van der Waals surface area contributed by atoms with Crippen molar-refractivity contribution in [1.29, 1.82) is 0 Å². The average molecular weight is 264 g/mol. The van der Waals surface area contributed by atoms with Crippen LogP contribution in [0.1, 0.15) is 26.2 Å². The molecule has 3 aliphatic rings. The van der Waals surface area contributed by atoms with Crippen molar-refractivity contribution in [2.45, 2.75) is 44.0 Å². The standard InChI is InChI=1S/C15H20O4/c1-7-4-5-9-8(2)14(17)19-13(9)12-10(7)6-11(16)15(12,3)18/h9-13,16,18H,1-2,4-6H2,3H3/t9-,10-,11-,12-,13-,15+/m0/s1. The van der Waals surface area contributed by atoms with E-state index < -0.39 is 11.7 Å². The summed E-state index contributed by atoms with van der Waals surface area (Å²) in [5.74, 6) is -0.695. The van der Waals surface area contributed by atoms with Gasteiger partial charge in [0.25, 0.3) is 0 Å². The van der Waals surface area contributed by atoms with Crippen LogP contribution in [0.2, 0.25) is 0 Å². The zero-order valence-electron chi connectivity index (χ0n) is 11.1. The summed E-state index contributed by atoms with van der Waals surface area (Å²) in [5, 5.41) is 20.7. The number of carbonyl (C=O) groups is 1. The van der Waals surface area contributed by atoms with Crippen LogP contribution >= 0.6 is 0 Å². The summed E-state index contributed by atoms with van der Waals surface area (Å²) in [6.07, 6.45) is 0.889. The molecule has 4 heteroatoms. The van der Waals surface area contributed by atoms with Gasteiger partial charge in [-0.05, 0) is 32.1 Å². The van der Waals surface area contributed by atoms with Gasteiger partial charge in [0.2, 0.25) is 0 Å². The lowest BCUT2D eigenvalue weighted by molar-refractivity contribution is -0.150. The summed E-state index contributed by atoms with van der Waals surface area (Å²) in [6.45, 7) is 9.55. The Morgan fingerprint density at radius 3 is 2.74 bits per heavy atom. The lowest BCUT2D eigenvalue weighted by Crippen LogP contribution is -2.47. The number of esters is 1. The lowest BCUT2D eigenvalue weighted by atomic mass is 9.77. The molecule has 1 aliphatic heterocycles. The average Bonchev–Trinajstić information content (AvgIpc) is 2.67. The van der Waals surface area contributed by atoms with E-state index in [2.05, 4.69) is 13.2 Å². The number of allylic oxidation sites excluding steroid dienone is 1. The molecule has 104 valence electrons. The van der Waals surface area contributed by atoms with Gasteiger partial charge in [0, 0.05) is 17.4 Å². The van der Waals surface area contributed by atoms with Crippen molar-refractivity contribution in [1.82, 2.24) is 0 Å². The van der Waals surface area contributed by atoms with Crippen LogP contribution in [0, 0.1) is 17.8 Å². The number of aliphatic hydroxyl groups is 2. The van der Waals surface area contributed by atoms with Crippen LogP contribution in [0.15, 0.2) is 24.3 Å². The number of fused-ring (bicyclic) bond motifs is 3. The molecule has 0 unspecified atom stereocenters. The van der Waals surface area contributed by atoms with E-state index in [1.807, 2.05) is 0 Å². The molecule has 0 radical (unpaired) electrons. The molecular weight excluding hydrogens is 244 g/mol. The van der Waals surface area contributed by atoms with Crippen molar-refractivity contribution in [3.63, 3.8) is 0 Å². The minimum atomic E-state index is -1.24. The van der Waals surface area contributed by atoms with Gasteiger partial charge in [-0.3, -0.25) is 0 Å². The normalized spacial score (nSPS) is 49.6. The van der Waals surface area contributed by atoms with Gasteiger partial charge in [0.15, 0.2) is 0 Å². The first-order valence-corrected chi connectivity index (χ1v) is 6.82.